The van der Waals surface area contributed by atoms with E-state index in [9.17, 15) is 9.59 Å². The summed E-state index contributed by atoms with van der Waals surface area (Å²) in [6.07, 6.45) is 0.969. The van der Waals surface area contributed by atoms with Crippen LogP contribution in [0.1, 0.15) is 35.3 Å². The number of benzene rings is 2. The van der Waals surface area contributed by atoms with E-state index in [0.29, 0.717) is 23.7 Å². The first-order valence-corrected chi connectivity index (χ1v) is 8.46. The van der Waals surface area contributed by atoms with Gasteiger partial charge in [-0.25, -0.2) is 4.79 Å². The van der Waals surface area contributed by atoms with Crippen LogP contribution in [0.5, 0.6) is 11.5 Å². The molecule has 3 rings (SSSR count). The lowest BCUT2D eigenvalue weighted by molar-refractivity contribution is -0.150. The van der Waals surface area contributed by atoms with E-state index in [-0.39, 0.29) is 11.5 Å². The zero-order valence-electron chi connectivity index (χ0n) is 14.9. The highest BCUT2D eigenvalue weighted by molar-refractivity contribution is 6.14. The van der Waals surface area contributed by atoms with Crippen molar-refractivity contribution in [1.82, 2.24) is 0 Å². The third-order valence-electron chi connectivity index (χ3n) is 3.95. The van der Waals surface area contributed by atoms with Crippen molar-refractivity contribution in [3.05, 3.63) is 64.9 Å². The molecule has 2 aromatic rings. The highest BCUT2D eigenvalue weighted by Gasteiger charge is 2.28. The summed E-state index contributed by atoms with van der Waals surface area (Å²) in [6, 6.07) is 12.7. The maximum Gasteiger partial charge on any atom is 0.347 e. The summed E-state index contributed by atoms with van der Waals surface area (Å²) in [7, 11) is 0. The zero-order chi connectivity index (χ0) is 18.7. The Labute approximate surface area is 152 Å². The number of carbonyl (C=O) groups is 2. The Balaban J connectivity index is 1.77. The second-order valence-electron chi connectivity index (χ2n) is 6.02. The number of fused-ring (bicyclic) bond motifs is 1. The Hall–Kier alpha value is -3.08. The van der Waals surface area contributed by atoms with E-state index < -0.39 is 12.1 Å². The second kappa shape index (κ2) is 7.44. The Kier molecular flexibility index (Phi) is 5.07. The predicted octanol–water partition coefficient (Wildman–Crippen LogP) is 3.94. The van der Waals surface area contributed by atoms with E-state index in [1.165, 1.54) is 0 Å². The highest BCUT2D eigenvalue weighted by Crippen LogP contribution is 2.35. The highest BCUT2D eigenvalue weighted by atomic mass is 16.6. The lowest BCUT2D eigenvalue weighted by Gasteiger charge is -2.13. The number of Topliss-reactive ketones (excluding diaryl/α,β-unsaturated/α-hetero) is 1. The molecule has 0 aromatic heterocycles. The zero-order valence-corrected chi connectivity index (χ0v) is 14.9. The van der Waals surface area contributed by atoms with Gasteiger partial charge in [-0.15, -0.1) is 0 Å². The van der Waals surface area contributed by atoms with Crippen molar-refractivity contribution >= 4 is 17.8 Å². The predicted molar refractivity (Wildman–Crippen MR) is 97.3 cm³/mol. The SMILES string of the molecule is CCOC(=O)[C@@H](C)Oc1ccc2c(c1)OC(=Cc1ccc(C)cc1)C2=O. The van der Waals surface area contributed by atoms with E-state index in [2.05, 4.69) is 0 Å². The lowest BCUT2D eigenvalue weighted by Crippen LogP contribution is -2.26. The minimum atomic E-state index is -0.743. The Bertz CT molecular complexity index is 864. The van der Waals surface area contributed by atoms with Crippen LogP contribution in [-0.2, 0) is 9.53 Å². The van der Waals surface area contributed by atoms with Crippen molar-refractivity contribution in [3.63, 3.8) is 0 Å². The number of aryl methyl sites for hydroxylation is 1. The molecule has 0 fully saturated rings. The summed E-state index contributed by atoms with van der Waals surface area (Å²) in [5, 5.41) is 0. The molecule has 0 N–H and O–H groups in total. The standard InChI is InChI=1S/C21H20O5/c1-4-24-21(23)14(3)25-16-9-10-17-18(12-16)26-19(20(17)22)11-15-7-5-13(2)6-8-15/h5-12,14H,4H2,1-3H3/t14-/m1/s1. The molecule has 0 bridgehead atoms. The van der Waals surface area contributed by atoms with Crippen molar-refractivity contribution in [3.8, 4) is 11.5 Å². The summed E-state index contributed by atoms with van der Waals surface area (Å²) in [5.74, 6) is 0.505. The van der Waals surface area contributed by atoms with Crippen molar-refractivity contribution in [2.75, 3.05) is 6.61 Å². The van der Waals surface area contributed by atoms with Gasteiger partial charge in [-0.05, 0) is 44.5 Å². The number of esters is 1. The van der Waals surface area contributed by atoms with Gasteiger partial charge in [-0.1, -0.05) is 29.8 Å². The van der Waals surface area contributed by atoms with Crippen molar-refractivity contribution in [2.24, 2.45) is 0 Å². The number of ketones is 1. The maximum atomic E-state index is 12.5. The molecule has 1 atom stereocenters. The van der Waals surface area contributed by atoms with Crippen LogP contribution in [0.3, 0.4) is 0 Å². The largest absolute Gasteiger partial charge is 0.479 e. The van der Waals surface area contributed by atoms with Crippen LogP contribution < -0.4 is 9.47 Å². The minimum absolute atomic E-state index is 0.175. The van der Waals surface area contributed by atoms with Gasteiger partial charge in [0, 0.05) is 6.07 Å². The van der Waals surface area contributed by atoms with Crippen LogP contribution in [-0.4, -0.2) is 24.5 Å². The molecule has 0 radical (unpaired) electrons. The molecular weight excluding hydrogens is 332 g/mol. The maximum absolute atomic E-state index is 12.5. The van der Waals surface area contributed by atoms with Gasteiger partial charge in [0.1, 0.15) is 11.5 Å². The van der Waals surface area contributed by atoms with E-state index in [0.717, 1.165) is 11.1 Å². The molecule has 0 aliphatic carbocycles. The Morgan fingerprint density at radius 2 is 1.92 bits per heavy atom. The molecule has 1 heterocycles. The average Bonchev–Trinajstić information content (AvgIpc) is 2.92. The smallest absolute Gasteiger partial charge is 0.347 e. The number of carbonyl (C=O) groups excluding carboxylic acids is 2. The van der Waals surface area contributed by atoms with Gasteiger partial charge in [-0.2, -0.15) is 0 Å². The van der Waals surface area contributed by atoms with Gasteiger partial charge >= 0.3 is 5.97 Å². The number of hydrogen-bond acceptors (Lipinski definition) is 5. The van der Waals surface area contributed by atoms with Crippen LogP contribution in [0.2, 0.25) is 0 Å². The fourth-order valence-corrected chi connectivity index (χ4v) is 2.57. The van der Waals surface area contributed by atoms with Gasteiger partial charge < -0.3 is 14.2 Å². The first kappa shape index (κ1) is 17.7. The lowest BCUT2D eigenvalue weighted by atomic mass is 10.1. The molecule has 0 unspecified atom stereocenters. The summed E-state index contributed by atoms with van der Waals surface area (Å²) in [4.78, 5) is 24.2. The molecule has 2 aromatic carbocycles. The second-order valence-corrected chi connectivity index (χ2v) is 6.02. The molecule has 1 aliphatic rings. The number of rotatable bonds is 5. The van der Waals surface area contributed by atoms with E-state index in [1.807, 2.05) is 31.2 Å². The quantitative estimate of drug-likeness (QED) is 0.602. The third-order valence-corrected chi connectivity index (χ3v) is 3.95. The van der Waals surface area contributed by atoms with Gasteiger partial charge in [0.05, 0.1) is 12.2 Å². The fraction of sp³-hybridized carbons (Fsp3) is 0.238. The normalized spacial score (nSPS) is 15.3. The van der Waals surface area contributed by atoms with E-state index in [4.69, 9.17) is 14.2 Å². The molecule has 0 saturated heterocycles. The molecule has 0 amide bonds. The van der Waals surface area contributed by atoms with Crippen LogP contribution >= 0.6 is 0 Å². The molecule has 26 heavy (non-hydrogen) atoms. The average molecular weight is 352 g/mol. The molecule has 5 nitrogen and oxygen atoms in total. The molecule has 5 heteroatoms. The molecule has 1 aliphatic heterocycles. The van der Waals surface area contributed by atoms with Gasteiger partial charge in [0.2, 0.25) is 5.78 Å². The van der Waals surface area contributed by atoms with Crippen molar-refractivity contribution < 1.29 is 23.8 Å². The Morgan fingerprint density at radius 3 is 2.62 bits per heavy atom. The van der Waals surface area contributed by atoms with Crippen LogP contribution in [0.15, 0.2) is 48.2 Å². The summed E-state index contributed by atoms with van der Waals surface area (Å²) in [5.41, 5.74) is 2.50. The number of ether oxygens (including phenoxy) is 3. The van der Waals surface area contributed by atoms with Gasteiger partial charge in [-0.3, -0.25) is 4.79 Å². The summed E-state index contributed by atoms with van der Waals surface area (Å²) < 4.78 is 16.2. The molecule has 0 saturated carbocycles. The van der Waals surface area contributed by atoms with Gasteiger partial charge in [0.25, 0.3) is 0 Å². The number of allylic oxidation sites excluding steroid dienone is 1. The topological polar surface area (TPSA) is 61.8 Å². The number of hydrogen-bond donors (Lipinski definition) is 0. The van der Waals surface area contributed by atoms with E-state index >= 15 is 0 Å². The van der Waals surface area contributed by atoms with Crippen LogP contribution in [0.4, 0.5) is 0 Å². The van der Waals surface area contributed by atoms with Crippen LogP contribution in [0, 0.1) is 6.92 Å². The van der Waals surface area contributed by atoms with Crippen molar-refractivity contribution in [2.45, 2.75) is 26.9 Å². The first-order chi connectivity index (χ1) is 12.5. The first-order valence-electron chi connectivity index (χ1n) is 8.46. The molecular formula is C21H20O5. The van der Waals surface area contributed by atoms with Crippen molar-refractivity contribution in [1.29, 1.82) is 0 Å². The molecule has 0 spiro atoms. The third kappa shape index (κ3) is 3.77. The minimum Gasteiger partial charge on any atom is -0.479 e. The molecule has 134 valence electrons. The Morgan fingerprint density at radius 1 is 1.19 bits per heavy atom. The fourth-order valence-electron chi connectivity index (χ4n) is 2.57. The summed E-state index contributed by atoms with van der Waals surface area (Å²) in [6.45, 7) is 5.64. The monoisotopic (exact) mass is 352 g/mol. The van der Waals surface area contributed by atoms with E-state index in [1.54, 1.807) is 38.1 Å². The van der Waals surface area contributed by atoms with Gasteiger partial charge in [0.15, 0.2) is 11.9 Å². The summed E-state index contributed by atoms with van der Waals surface area (Å²) >= 11 is 0. The van der Waals surface area contributed by atoms with Crippen LogP contribution in [0.25, 0.3) is 6.08 Å².